The van der Waals surface area contributed by atoms with Crippen LogP contribution in [0.5, 0.6) is 0 Å². The Balaban J connectivity index is 1.79. The number of hydrogen-bond donors (Lipinski definition) is 0. The molecule has 102 valence electrons. The highest BCUT2D eigenvalue weighted by Crippen LogP contribution is 2.30. The zero-order chi connectivity index (χ0) is 13.9. The van der Waals surface area contributed by atoms with E-state index in [0.29, 0.717) is 19.0 Å². The van der Waals surface area contributed by atoms with Gasteiger partial charge < -0.3 is 4.90 Å². The third-order valence-corrected chi connectivity index (χ3v) is 4.26. The first-order chi connectivity index (χ1) is 9.78. The fourth-order valence-electron chi connectivity index (χ4n) is 3.13. The maximum atomic E-state index is 12.2. The van der Waals surface area contributed by atoms with E-state index in [9.17, 15) is 4.79 Å². The van der Waals surface area contributed by atoms with Gasteiger partial charge in [-0.3, -0.25) is 4.79 Å². The Morgan fingerprint density at radius 3 is 2.55 bits per heavy atom. The van der Waals surface area contributed by atoms with Crippen molar-refractivity contribution in [1.29, 1.82) is 5.26 Å². The van der Waals surface area contributed by atoms with Gasteiger partial charge in [-0.25, -0.2) is 0 Å². The van der Waals surface area contributed by atoms with Crippen LogP contribution in [0.1, 0.15) is 36.8 Å². The first kappa shape index (κ1) is 12.9. The number of hydrogen-bond acceptors (Lipinski definition) is 3. The molecule has 0 aromatic heterocycles. The highest BCUT2D eigenvalue weighted by Gasteiger charge is 2.29. The van der Waals surface area contributed by atoms with E-state index in [1.165, 1.54) is 25.7 Å². The molecule has 0 spiro atoms. The number of Topliss-reactive ketones (excluding diaryl/α,β-unsaturated/α-hetero) is 1. The third-order valence-electron chi connectivity index (χ3n) is 4.26. The molecule has 1 aliphatic carbocycles. The smallest absolute Gasteiger partial charge is 0.184 e. The van der Waals surface area contributed by atoms with Gasteiger partial charge in [0.05, 0.1) is 19.0 Å². The molecule has 0 bridgehead atoms. The minimum atomic E-state index is 0.213. The molecule has 0 unspecified atom stereocenters. The molecule has 0 saturated heterocycles. The molecule has 2 aliphatic rings. The molecule has 3 nitrogen and oxygen atoms in total. The summed E-state index contributed by atoms with van der Waals surface area (Å²) in [7, 11) is 0. The Labute approximate surface area is 119 Å². The average Bonchev–Trinajstić information content (AvgIpc) is 3.09. The van der Waals surface area contributed by atoms with Gasteiger partial charge in [0.25, 0.3) is 0 Å². The van der Waals surface area contributed by atoms with Gasteiger partial charge in [0.2, 0.25) is 0 Å². The maximum absolute atomic E-state index is 12.2. The van der Waals surface area contributed by atoms with Crippen LogP contribution >= 0.6 is 0 Å². The lowest BCUT2D eigenvalue weighted by Crippen LogP contribution is -2.28. The van der Waals surface area contributed by atoms with Crippen molar-refractivity contribution in [2.75, 3.05) is 6.54 Å². The Hall–Kier alpha value is -2.08. The molecule has 0 amide bonds. The molecule has 3 rings (SSSR count). The molecule has 20 heavy (non-hydrogen) atoms. The van der Waals surface area contributed by atoms with E-state index in [-0.39, 0.29) is 5.78 Å². The van der Waals surface area contributed by atoms with Crippen LogP contribution in [0.25, 0.3) is 5.57 Å². The highest BCUT2D eigenvalue weighted by molar-refractivity contribution is 6.23. The molecule has 0 N–H and O–H groups in total. The number of nitrogens with zero attached hydrogens (tertiary/aromatic N) is 2. The lowest BCUT2D eigenvalue weighted by atomic mass is 10.0. The average molecular weight is 266 g/mol. The lowest BCUT2D eigenvalue weighted by Gasteiger charge is -2.22. The molecule has 1 aliphatic heterocycles. The van der Waals surface area contributed by atoms with Crippen LogP contribution in [0.2, 0.25) is 0 Å². The molecule has 1 fully saturated rings. The Bertz CT molecular complexity index is 574. The number of ketones is 1. The van der Waals surface area contributed by atoms with Crippen molar-refractivity contribution < 1.29 is 4.79 Å². The summed E-state index contributed by atoms with van der Waals surface area (Å²) in [5.41, 5.74) is 2.78. The fourth-order valence-corrected chi connectivity index (χ4v) is 3.13. The summed E-state index contributed by atoms with van der Waals surface area (Å²) in [5, 5.41) is 8.68. The van der Waals surface area contributed by atoms with Crippen LogP contribution < -0.4 is 0 Å². The molecule has 1 saturated carbocycles. The Kier molecular flexibility index (Phi) is 3.56. The highest BCUT2D eigenvalue weighted by atomic mass is 16.1. The van der Waals surface area contributed by atoms with E-state index in [2.05, 4.69) is 11.0 Å². The summed E-state index contributed by atoms with van der Waals surface area (Å²) in [4.78, 5) is 14.4. The summed E-state index contributed by atoms with van der Waals surface area (Å²) < 4.78 is 0. The minimum absolute atomic E-state index is 0.213. The van der Waals surface area contributed by atoms with Gasteiger partial charge in [-0.15, -0.1) is 0 Å². The first-order valence-corrected chi connectivity index (χ1v) is 7.25. The van der Waals surface area contributed by atoms with Crippen molar-refractivity contribution in [3.05, 3.63) is 41.6 Å². The number of benzene rings is 1. The van der Waals surface area contributed by atoms with Crippen LogP contribution in [0.15, 0.2) is 30.5 Å². The van der Waals surface area contributed by atoms with Gasteiger partial charge in [-0.2, -0.15) is 5.26 Å². The molecular formula is C17H18N2O. The van der Waals surface area contributed by atoms with Crippen molar-refractivity contribution in [2.45, 2.75) is 38.1 Å². The summed E-state index contributed by atoms with van der Waals surface area (Å²) in [6.07, 6.45) is 7.43. The zero-order valence-corrected chi connectivity index (χ0v) is 11.5. The van der Waals surface area contributed by atoms with Crippen molar-refractivity contribution in [3.63, 3.8) is 0 Å². The predicted molar refractivity (Wildman–Crippen MR) is 77.7 cm³/mol. The Morgan fingerprint density at radius 1 is 1.20 bits per heavy atom. The van der Waals surface area contributed by atoms with E-state index in [1.54, 1.807) is 0 Å². The van der Waals surface area contributed by atoms with Gasteiger partial charge in [0, 0.05) is 17.8 Å². The van der Waals surface area contributed by atoms with Gasteiger partial charge in [0.15, 0.2) is 5.78 Å². The van der Waals surface area contributed by atoms with Crippen LogP contribution in [0.3, 0.4) is 0 Å². The normalized spacial score (nSPS) is 19.2. The predicted octanol–water partition coefficient (Wildman–Crippen LogP) is 2.92. The summed E-state index contributed by atoms with van der Waals surface area (Å²) in [6, 6.07) is 10.5. The quantitative estimate of drug-likeness (QED) is 0.845. The monoisotopic (exact) mass is 266 g/mol. The number of carbonyl (C=O) groups is 1. The second-order valence-corrected chi connectivity index (χ2v) is 5.61. The summed E-state index contributed by atoms with van der Waals surface area (Å²) >= 11 is 0. The second-order valence-electron chi connectivity index (χ2n) is 5.61. The fraction of sp³-hybridized carbons (Fsp3) is 0.412. The largest absolute Gasteiger partial charge is 0.366 e. The molecule has 1 heterocycles. The summed E-state index contributed by atoms with van der Waals surface area (Å²) in [5.74, 6) is 0.213. The minimum Gasteiger partial charge on any atom is -0.366 e. The van der Waals surface area contributed by atoms with E-state index >= 15 is 0 Å². The van der Waals surface area contributed by atoms with Crippen LogP contribution in [-0.4, -0.2) is 23.3 Å². The van der Waals surface area contributed by atoms with Crippen molar-refractivity contribution in [1.82, 2.24) is 4.90 Å². The molecule has 0 radical (unpaired) electrons. The van der Waals surface area contributed by atoms with E-state index in [1.807, 2.05) is 30.5 Å². The Morgan fingerprint density at radius 2 is 1.90 bits per heavy atom. The summed E-state index contributed by atoms with van der Waals surface area (Å²) in [6.45, 7) is 0.528. The van der Waals surface area contributed by atoms with E-state index < -0.39 is 0 Å². The van der Waals surface area contributed by atoms with Gasteiger partial charge >= 0.3 is 0 Å². The molecule has 1 aromatic rings. The van der Waals surface area contributed by atoms with Gasteiger partial charge in [0.1, 0.15) is 0 Å². The maximum Gasteiger partial charge on any atom is 0.184 e. The molecule has 1 aromatic carbocycles. The van der Waals surface area contributed by atoms with E-state index in [4.69, 9.17) is 5.26 Å². The standard InChI is InChI=1S/C17H18N2O/c18-10-9-13-5-7-14(8-6-13)16-11-19(12-17(16)20)15-3-1-2-4-15/h5-8,11,15H,1-4,9,12H2. The number of nitriles is 1. The second kappa shape index (κ2) is 5.50. The number of rotatable bonds is 3. The van der Waals surface area contributed by atoms with Crippen LogP contribution in [0.4, 0.5) is 0 Å². The zero-order valence-electron chi connectivity index (χ0n) is 11.5. The van der Waals surface area contributed by atoms with Gasteiger partial charge in [-0.1, -0.05) is 37.1 Å². The van der Waals surface area contributed by atoms with Crippen molar-refractivity contribution >= 4 is 11.4 Å². The van der Waals surface area contributed by atoms with Crippen molar-refractivity contribution in [2.24, 2.45) is 0 Å². The van der Waals surface area contributed by atoms with E-state index in [0.717, 1.165) is 16.7 Å². The lowest BCUT2D eigenvalue weighted by molar-refractivity contribution is -0.113. The SMILES string of the molecule is N#CCc1ccc(C2=CN(C3CCCC3)CC2=O)cc1. The number of carbonyl (C=O) groups excluding carboxylic acids is 1. The van der Waals surface area contributed by atoms with Crippen molar-refractivity contribution in [3.8, 4) is 6.07 Å². The topological polar surface area (TPSA) is 44.1 Å². The van der Waals surface area contributed by atoms with Crippen LogP contribution in [-0.2, 0) is 11.2 Å². The molecule has 3 heteroatoms. The third kappa shape index (κ3) is 2.46. The molecular weight excluding hydrogens is 248 g/mol. The van der Waals surface area contributed by atoms with Gasteiger partial charge in [-0.05, 0) is 24.0 Å². The molecule has 0 atom stereocenters. The first-order valence-electron chi connectivity index (χ1n) is 7.25. The van der Waals surface area contributed by atoms with Crippen LogP contribution in [0, 0.1) is 11.3 Å².